The van der Waals surface area contributed by atoms with Crippen LogP contribution in [-0.2, 0) is 11.3 Å². The van der Waals surface area contributed by atoms with Crippen LogP contribution in [0.3, 0.4) is 0 Å². The number of aromatic nitrogens is 3. The minimum absolute atomic E-state index is 0.262. The van der Waals surface area contributed by atoms with E-state index in [-0.39, 0.29) is 6.09 Å². The largest absolute Gasteiger partial charge is 0.444 e. The molecule has 0 saturated carbocycles. The summed E-state index contributed by atoms with van der Waals surface area (Å²) in [6, 6.07) is 7.29. The second-order valence-corrected chi connectivity index (χ2v) is 9.17. The summed E-state index contributed by atoms with van der Waals surface area (Å²) in [5, 5.41) is 6.00. The third-order valence-corrected chi connectivity index (χ3v) is 5.52. The minimum Gasteiger partial charge on any atom is -0.444 e. The number of carbonyl (C=O) groups is 1. The van der Waals surface area contributed by atoms with Gasteiger partial charge in [-0.05, 0) is 38.7 Å². The number of pyridine rings is 1. The molecule has 3 aromatic rings. The minimum atomic E-state index is -0.496. The third kappa shape index (κ3) is 4.64. The topological polar surface area (TPSA) is 64.6 Å². The van der Waals surface area contributed by atoms with Gasteiger partial charge in [0, 0.05) is 36.8 Å². The molecule has 0 radical (unpaired) electrons. The molecular weight excluding hydrogens is 414 g/mol. The molecule has 0 aliphatic carbocycles. The normalized spacial score (nSPS) is 16.5. The van der Waals surface area contributed by atoms with Gasteiger partial charge in [-0.1, -0.05) is 35.9 Å². The quantitative estimate of drug-likeness (QED) is 0.397. The Bertz CT molecular complexity index is 1160. The van der Waals surface area contributed by atoms with Crippen LogP contribution < -0.4 is 0 Å². The number of halogens is 1. The van der Waals surface area contributed by atoms with Gasteiger partial charge in [0.25, 0.3) is 0 Å². The van der Waals surface area contributed by atoms with Crippen LogP contribution in [0.5, 0.6) is 0 Å². The van der Waals surface area contributed by atoms with Crippen LogP contribution in [0.2, 0.25) is 5.15 Å². The Balaban J connectivity index is 1.54. The van der Waals surface area contributed by atoms with Crippen molar-refractivity contribution >= 4 is 34.3 Å². The van der Waals surface area contributed by atoms with Crippen LogP contribution in [-0.4, -0.2) is 44.4 Å². The predicted molar refractivity (Wildman–Crippen MR) is 120 cm³/mol. The smallest absolute Gasteiger partial charge is 0.410 e. The highest BCUT2D eigenvalue weighted by Crippen LogP contribution is 2.34. The molecule has 2 aromatic heterocycles. The Hall–Kier alpha value is -3.11. The molecule has 4 rings (SSSR count). The van der Waals surface area contributed by atoms with Crippen molar-refractivity contribution in [1.29, 1.82) is 0 Å². The molecule has 0 spiro atoms. The fourth-order valence-electron chi connectivity index (χ4n) is 3.83. The first-order valence-corrected chi connectivity index (χ1v) is 10.6. The summed E-state index contributed by atoms with van der Waals surface area (Å²) in [7, 11) is 0. The highest BCUT2D eigenvalue weighted by molar-refractivity contribution is 6.33. The lowest BCUT2D eigenvalue weighted by atomic mass is 10.0. The SMILES string of the molecule is [C-]#[N+]c1ccc(-c2c(Cl)ncc3nn(C[C@@H]4CCN(C(=O)OC(C)(C)C)C4)cc23)cc1. The molecule has 0 N–H and O–H groups in total. The maximum absolute atomic E-state index is 12.3. The average Bonchev–Trinajstić information content (AvgIpc) is 3.34. The van der Waals surface area contributed by atoms with E-state index < -0.39 is 5.60 Å². The summed E-state index contributed by atoms with van der Waals surface area (Å²) in [4.78, 5) is 21.8. The van der Waals surface area contributed by atoms with Gasteiger partial charge >= 0.3 is 6.09 Å². The van der Waals surface area contributed by atoms with Gasteiger partial charge in [0.2, 0.25) is 0 Å². The van der Waals surface area contributed by atoms with Crippen LogP contribution in [0.25, 0.3) is 26.9 Å². The Labute approximate surface area is 186 Å². The highest BCUT2D eigenvalue weighted by atomic mass is 35.5. The van der Waals surface area contributed by atoms with Crippen molar-refractivity contribution in [1.82, 2.24) is 19.7 Å². The van der Waals surface area contributed by atoms with E-state index in [9.17, 15) is 4.79 Å². The number of nitrogens with zero attached hydrogens (tertiary/aromatic N) is 5. The zero-order valence-corrected chi connectivity index (χ0v) is 18.6. The molecule has 1 aliphatic heterocycles. The number of hydrogen-bond donors (Lipinski definition) is 0. The fraction of sp³-hybridized carbons (Fsp3) is 0.391. The average molecular weight is 438 g/mol. The lowest BCUT2D eigenvalue weighted by molar-refractivity contribution is 0.0287. The zero-order valence-electron chi connectivity index (χ0n) is 17.8. The first kappa shape index (κ1) is 21.1. The number of rotatable bonds is 3. The first-order valence-electron chi connectivity index (χ1n) is 10.2. The number of ether oxygens (including phenoxy) is 1. The van der Waals surface area contributed by atoms with Crippen molar-refractivity contribution in [2.45, 2.75) is 39.3 Å². The zero-order chi connectivity index (χ0) is 22.2. The van der Waals surface area contributed by atoms with Crippen molar-refractivity contribution in [3.05, 3.63) is 53.2 Å². The Morgan fingerprint density at radius 3 is 2.74 bits per heavy atom. The Kier molecular flexibility index (Phi) is 5.59. The molecular formula is C23H24ClN5O2. The summed E-state index contributed by atoms with van der Waals surface area (Å²) in [6.45, 7) is 14.8. The molecule has 31 heavy (non-hydrogen) atoms. The summed E-state index contributed by atoms with van der Waals surface area (Å²) in [5.41, 5.74) is 2.54. The van der Waals surface area contributed by atoms with E-state index in [1.165, 1.54) is 0 Å². The molecule has 3 heterocycles. The van der Waals surface area contributed by atoms with Gasteiger partial charge in [-0.15, -0.1) is 0 Å². The number of benzene rings is 1. The Morgan fingerprint density at radius 1 is 1.32 bits per heavy atom. The summed E-state index contributed by atoms with van der Waals surface area (Å²) >= 11 is 6.43. The first-order chi connectivity index (χ1) is 14.7. The van der Waals surface area contributed by atoms with Crippen LogP contribution in [0.15, 0.2) is 36.7 Å². The van der Waals surface area contributed by atoms with Crippen LogP contribution in [0.1, 0.15) is 27.2 Å². The number of amides is 1. The number of likely N-dealkylation sites (tertiary alicyclic amines) is 1. The lowest BCUT2D eigenvalue weighted by Crippen LogP contribution is -2.35. The van der Waals surface area contributed by atoms with E-state index in [1.807, 2.05) is 43.8 Å². The van der Waals surface area contributed by atoms with Crippen molar-refractivity contribution in [2.24, 2.45) is 5.92 Å². The number of carbonyl (C=O) groups excluding carboxylic acids is 1. The van der Waals surface area contributed by atoms with Gasteiger partial charge in [-0.3, -0.25) is 4.68 Å². The van der Waals surface area contributed by atoms with Gasteiger partial charge in [0.1, 0.15) is 16.3 Å². The van der Waals surface area contributed by atoms with Crippen LogP contribution in [0, 0.1) is 12.5 Å². The highest BCUT2D eigenvalue weighted by Gasteiger charge is 2.30. The van der Waals surface area contributed by atoms with E-state index in [4.69, 9.17) is 22.9 Å². The second kappa shape index (κ2) is 8.20. The fourth-order valence-corrected chi connectivity index (χ4v) is 4.09. The van der Waals surface area contributed by atoms with Gasteiger partial charge in [-0.2, -0.15) is 5.10 Å². The van der Waals surface area contributed by atoms with E-state index >= 15 is 0 Å². The summed E-state index contributed by atoms with van der Waals surface area (Å²) in [5.74, 6) is 0.298. The van der Waals surface area contributed by atoms with Gasteiger partial charge in [0.15, 0.2) is 5.69 Å². The Morgan fingerprint density at radius 2 is 2.06 bits per heavy atom. The molecule has 7 nitrogen and oxygen atoms in total. The van der Waals surface area contributed by atoms with Crippen LogP contribution in [0.4, 0.5) is 10.5 Å². The van der Waals surface area contributed by atoms with Crippen molar-refractivity contribution < 1.29 is 9.53 Å². The molecule has 1 fully saturated rings. The number of fused-ring (bicyclic) bond motifs is 1. The van der Waals surface area contributed by atoms with E-state index in [1.54, 1.807) is 23.2 Å². The standard InChI is InChI=1S/C23H24ClN5O2/c1-23(2,3)31-22(30)28-10-9-15(12-28)13-29-14-18-19(27-29)11-26-21(24)20(18)16-5-7-17(25-4)8-6-16/h5-8,11,14-15H,9-10,12-13H2,1-3H3/t15-/m1/s1. The molecule has 160 valence electrons. The molecule has 1 aliphatic rings. The third-order valence-electron chi connectivity index (χ3n) is 5.23. The molecule has 8 heteroatoms. The van der Waals surface area contributed by atoms with Crippen molar-refractivity contribution in [3.8, 4) is 11.1 Å². The molecule has 1 amide bonds. The molecule has 0 unspecified atom stereocenters. The van der Waals surface area contributed by atoms with Crippen molar-refractivity contribution in [3.63, 3.8) is 0 Å². The summed E-state index contributed by atoms with van der Waals surface area (Å²) < 4.78 is 7.39. The monoisotopic (exact) mass is 437 g/mol. The van der Waals surface area contributed by atoms with Gasteiger partial charge < -0.3 is 9.64 Å². The van der Waals surface area contributed by atoms with Crippen LogP contribution >= 0.6 is 11.6 Å². The summed E-state index contributed by atoms with van der Waals surface area (Å²) in [6.07, 6.45) is 4.30. The van der Waals surface area contributed by atoms with Gasteiger partial charge in [0.05, 0.1) is 12.8 Å². The maximum atomic E-state index is 12.3. The van der Waals surface area contributed by atoms with E-state index in [0.29, 0.717) is 36.4 Å². The lowest BCUT2D eigenvalue weighted by Gasteiger charge is -2.24. The van der Waals surface area contributed by atoms with E-state index in [0.717, 1.165) is 28.5 Å². The van der Waals surface area contributed by atoms with Gasteiger partial charge in [-0.25, -0.2) is 14.6 Å². The maximum Gasteiger partial charge on any atom is 0.410 e. The van der Waals surface area contributed by atoms with Crippen molar-refractivity contribution in [2.75, 3.05) is 13.1 Å². The van der Waals surface area contributed by atoms with E-state index in [2.05, 4.69) is 14.9 Å². The number of hydrogen-bond acceptors (Lipinski definition) is 4. The molecule has 1 atom stereocenters. The molecule has 1 aromatic carbocycles. The molecule has 0 bridgehead atoms. The molecule has 1 saturated heterocycles. The second-order valence-electron chi connectivity index (χ2n) is 8.81. The predicted octanol–water partition coefficient (Wildman–Crippen LogP) is 5.56.